The van der Waals surface area contributed by atoms with Crippen LogP contribution in [0.2, 0.25) is 0 Å². The third-order valence-corrected chi connectivity index (χ3v) is 8.73. The second-order valence-corrected chi connectivity index (χ2v) is 12.4. The molecule has 2 fully saturated rings. The molecule has 40 heavy (non-hydrogen) atoms. The molecule has 2 unspecified atom stereocenters. The van der Waals surface area contributed by atoms with Gasteiger partial charge in [0.15, 0.2) is 0 Å². The molecule has 1 amide bonds. The van der Waals surface area contributed by atoms with Crippen molar-refractivity contribution in [3.8, 4) is 0 Å². The number of dihydropyridines is 1. The monoisotopic (exact) mass is 552 g/mol. The first kappa shape index (κ1) is 32.0. The van der Waals surface area contributed by atoms with Crippen molar-refractivity contribution < 1.29 is 14.7 Å². The summed E-state index contributed by atoms with van der Waals surface area (Å²) in [6, 6.07) is 6.81. The molecule has 0 spiro atoms. The lowest BCUT2D eigenvalue weighted by atomic mass is 9.89. The smallest absolute Gasteiger partial charge is 0.227 e. The van der Waals surface area contributed by atoms with E-state index in [0.29, 0.717) is 6.54 Å². The van der Waals surface area contributed by atoms with Gasteiger partial charge in [0.25, 0.3) is 0 Å². The maximum atomic E-state index is 13.5. The summed E-state index contributed by atoms with van der Waals surface area (Å²) in [4.78, 5) is 30.8. The number of rotatable bonds is 5. The van der Waals surface area contributed by atoms with E-state index in [1.807, 2.05) is 4.90 Å². The van der Waals surface area contributed by atoms with Crippen LogP contribution in [0, 0.1) is 18.8 Å². The number of hydrogen-bond donors (Lipinski definition) is 2. The van der Waals surface area contributed by atoms with Crippen LogP contribution in [0.15, 0.2) is 41.6 Å². The Hall–Kier alpha value is -2.48. The van der Waals surface area contributed by atoms with Gasteiger partial charge in [-0.2, -0.15) is 0 Å². The Morgan fingerprint density at radius 1 is 1.05 bits per heavy atom. The molecule has 1 aromatic carbocycles. The number of piperazine rings is 1. The molecule has 2 atom stereocenters. The number of carbonyl (C=O) groups excluding carboxylic acids is 2. The van der Waals surface area contributed by atoms with Crippen LogP contribution in [0.3, 0.4) is 0 Å². The number of aryl methyl sites for hydroxylation is 3. The van der Waals surface area contributed by atoms with E-state index in [0.717, 1.165) is 65.6 Å². The van der Waals surface area contributed by atoms with E-state index >= 15 is 0 Å². The summed E-state index contributed by atoms with van der Waals surface area (Å²) in [6.45, 7) is 17.1. The van der Waals surface area contributed by atoms with Gasteiger partial charge in [-0.15, -0.1) is 0 Å². The number of carbonyl (C=O) groups is 2. The number of nitrogens with one attached hydrogen (secondary N) is 1. The predicted molar refractivity (Wildman–Crippen MR) is 163 cm³/mol. The lowest BCUT2D eigenvalue weighted by Crippen LogP contribution is -2.52. The van der Waals surface area contributed by atoms with Gasteiger partial charge < -0.3 is 20.1 Å². The van der Waals surface area contributed by atoms with Gasteiger partial charge in [0, 0.05) is 70.1 Å². The molecule has 0 bridgehead atoms. The maximum absolute atomic E-state index is 13.5. The van der Waals surface area contributed by atoms with Crippen molar-refractivity contribution in [1.82, 2.24) is 20.0 Å². The number of allylic oxidation sites excluding steroid dienone is 2. The molecule has 3 heterocycles. The third kappa shape index (κ3) is 8.27. The summed E-state index contributed by atoms with van der Waals surface area (Å²) in [6.07, 6.45) is 10.4. The summed E-state index contributed by atoms with van der Waals surface area (Å²) >= 11 is 0. The first-order valence-corrected chi connectivity index (χ1v) is 15.1. The number of aldehydes is 1. The minimum absolute atomic E-state index is 0.00725. The van der Waals surface area contributed by atoms with E-state index in [9.17, 15) is 9.59 Å². The molecular weight excluding hydrogens is 500 g/mol. The molecule has 7 nitrogen and oxygen atoms in total. The molecule has 2 saturated heterocycles. The van der Waals surface area contributed by atoms with E-state index in [-0.39, 0.29) is 23.3 Å². The minimum atomic E-state index is -0.00725. The Labute approximate surface area is 242 Å². The summed E-state index contributed by atoms with van der Waals surface area (Å²) in [7, 11) is 1.00. The normalized spacial score (nSPS) is 23.0. The van der Waals surface area contributed by atoms with Crippen LogP contribution in [0.5, 0.6) is 0 Å². The van der Waals surface area contributed by atoms with Crippen LogP contribution in [0.1, 0.15) is 57.2 Å². The zero-order valence-electron chi connectivity index (χ0n) is 25.7. The molecule has 7 heteroatoms. The number of amides is 1. The average Bonchev–Trinajstić information content (AvgIpc) is 3.62. The van der Waals surface area contributed by atoms with Gasteiger partial charge in [0.2, 0.25) is 5.91 Å². The molecule has 0 saturated carbocycles. The highest BCUT2D eigenvalue weighted by atomic mass is 16.2. The van der Waals surface area contributed by atoms with Crippen LogP contribution in [-0.2, 0) is 22.4 Å². The molecule has 2 N–H and O–H groups in total. The van der Waals surface area contributed by atoms with Gasteiger partial charge in [-0.25, -0.2) is 0 Å². The Balaban J connectivity index is 0.000000304. The van der Waals surface area contributed by atoms with E-state index in [1.165, 1.54) is 36.1 Å². The highest BCUT2D eigenvalue weighted by Gasteiger charge is 2.44. The molecule has 222 valence electrons. The fourth-order valence-electron chi connectivity index (χ4n) is 6.15. The Morgan fingerprint density at radius 3 is 2.35 bits per heavy atom. The number of nitrogens with zero attached hydrogens (tertiary/aromatic N) is 3. The van der Waals surface area contributed by atoms with Gasteiger partial charge in [0.05, 0.1) is 12.5 Å². The number of aliphatic hydroxyl groups is 1. The lowest BCUT2D eigenvalue weighted by Gasteiger charge is -2.36. The van der Waals surface area contributed by atoms with Gasteiger partial charge in [-0.3, -0.25) is 14.6 Å². The lowest BCUT2D eigenvalue weighted by molar-refractivity contribution is -0.137. The van der Waals surface area contributed by atoms with Crippen molar-refractivity contribution >= 4 is 12.2 Å². The third-order valence-electron chi connectivity index (χ3n) is 8.73. The Bertz CT molecular complexity index is 1050. The largest absolute Gasteiger partial charge is 0.400 e. The number of benzene rings is 1. The van der Waals surface area contributed by atoms with Crippen molar-refractivity contribution in [2.75, 3.05) is 59.5 Å². The topological polar surface area (TPSA) is 76.1 Å². The van der Waals surface area contributed by atoms with Crippen molar-refractivity contribution in [3.05, 3.63) is 58.3 Å². The zero-order chi connectivity index (χ0) is 29.3. The highest BCUT2D eigenvalue weighted by molar-refractivity contribution is 5.80. The minimum Gasteiger partial charge on any atom is -0.400 e. The molecule has 5 rings (SSSR count). The summed E-state index contributed by atoms with van der Waals surface area (Å²) in [5.74, 6) is 0.483. The van der Waals surface area contributed by atoms with E-state index in [2.05, 4.69) is 80.1 Å². The van der Waals surface area contributed by atoms with Crippen LogP contribution in [0.4, 0.5) is 0 Å². The molecule has 1 aliphatic carbocycles. The number of hydrogen-bond acceptors (Lipinski definition) is 6. The summed E-state index contributed by atoms with van der Waals surface area (Å²) in [5, 5.41) is 10.6. The zero-order valence-corrected chi connectivity index (χ0v) is 25.7. The molecule has 0 radical (unpaired) electrons. The van der Waals surface area contributed by atoms with Crippen molar-refractivity contribution in [1.29, 1.82) is 0 Å². The van der Waals surface area contributed by atoms with Crippen LogP contribution >= 0.6 is 0 Å². The van der Waals surface area contributed by atoms with E-state index in [4.69, 9.17) is 5.11 Å². The number of aliphatic hydroxyl groups excluding tert-OH is 1. The molecular formula is C33H52N4O3. The highest BCUT2D eigenvalue weighted by Crippen LogP contribution is 2.35. The number of fused-ring (bicyclic) bond motifs is 1. The maximum Gasteiger partial charge on any atom is 0.227 e. The van der Waals surface area contributed by atoms with Crippen LogP contribution < -0.4 is 5.32 Å². The van der Waals surface area contributed by atoms with E-state index < -0.39 is 0 Å². The molecule has 1 aromatic rings. The summed E-state index contributed by atoms with van der Waals surface area (Å²) < 4.78 is 0. The van der Waals surface area contributed by atoms with Crippen LogP contribution in [-0.4, -0.2) is 97.0 Å². The second-order valence-electron chi connectivity index (χ2n) is 12.4. The first-order valence-electron chi connectivity index (χ1n) is 15.1. The first-order chi connectivity index (χ1) is 19.2. The Morgan fingerprint density at radius 2 is 1.75 bits per heavy atom. The molecule has 4 aliphatic rings. The summed E-state index contributed by atoms with van der Waals surface area (Å²) in [5.41, 5.74) is 7.23. The second kappa shape index (κ2) is 14.9. The molecule has 0 aromatic heterocycles. The SMILES string of the molecule is CCC1=CC=C(C2CN(C(C)(C)C)CC2C(=O)N2CCN(CC=O)CC2)NC1.CO.Cc1ccc2c(c1)CCC2. The van der Waals surface area contributed by atoms with Gasteiger partial charge in [-0.05, 0) is 70.6 Å². The fraction of sp³-hybridized carbons (Fsp3) is 0.636. The molecule has 3 aliphatic heterocycles. The standard InChI is InChI=1S/C22H36N4O2.C10H12.CH4O/c1-5-17-6-7-20(23-14-17)18-15-26(22(2,3)4)16-19(18)21(28)25-10-8-24(9-11-25)12-13-27;1-8-5-6-9-3-2-4-10(9)7-8;1-2/h6-7,13,18-19,23H,5,8-12,14-16H2,1-4H3;5-7H,2-4H2,1H3;2H,1H3. The fourth-order valence-corrected chi connectivity index (χ4v) is 6.15. The average molecular weight is 553 g/mol. The van der Waals surface area contributed by atoms with Crippen molar-refractivity contribution in [3.63, 3.8) is 0 Å². The Kier molecular flexibility index (Phi) is 12.0. The van der Waals surface area contributed by atoms with Crippen LogP contribution in [0.25, 0.3) is 0 Å². The van der Waals surface area contributed by atoms with Crippen molar-refractivity contribution in [2.45, 2.75) is 65.8 Å². The predicted octanol–water partition coefficient (Wildman–Crippen LogP) is 3.59. The van der Waals surface area contributed by atoms with E-state index in [1.54, 1.807) is 11.1 Å². The van der Waals surface area contributed by atoms with Gasteiger partial charge in [-0.1, -0.05) is 42.3 Å². The number of likely N-dealkylation sites (tertiary alicyclic amines) is 1. The van der Waals surface area contributed by atoms with Gasteiger partial charge in [0.1, 0.15) is 6.29 Å². The quantitative estimate of drug-likeness (QED) is 0.544. The van der Waals surface area contributed by atoms with Gasteiger partial charge >= 0.3 is 0 Å². The van der Waals surface area contributed by atoms with Crippen molar-refractivity contribution in [2.24, 2.45) is 11.8 Å².